The van der Waals surface area contributed by atoms with Crippen molar-refractivity contribution in [3.8, 4) is 0 Å². The normalized spacial score (nSPS) is 12.0. The van der Waals surface area contributed by atoms with Crippen molar-refractivity contribution in [3.63, 3.8) is 0 Å². The Labute approximate surface area is 170 Å². The lowest BCUT2D eigenvalue weighted by Gasteiger charge is -2.16. The summed E-state index contributed by atoms with van der Waals surface area (Å²) in [5.41, 5.74) is -0.412. The van der Waals surface area contributed by atoms with E-state index in [1.54, 1.807) is 18.2 Å². The predicted molar refractivity (Wildman–Crippen MR) is 108 cm³/mol. The molecule has 0 spiro atoms. The highest BCUT2D eigenvalue weighted by Crippen LogP contribution is 2.28. The van der Waals surface area contributed by atoms with Gasteiger partial charge in [0.15, 0.2) is 5.82 Å². The van der Waals surface area contributed by atoms with Gasteiger partial charge in [0.1, 0.15) is 11.7 Å². The van der Waals surface area contributed by atoms with Crippen molar-refractivity contribution in [2.75, 3.05) is 5.32 Å². The number of anilines is 1. The van der Waals surface area contributed by atoms with Gasteiger partial charge in [0.25, 0.3) is 0 Å². The highest BCUT2D eigenvalue weighted by atomic mass is 16.6. The van der Waals surface area contributed by atoms with E-state index < -0.39 is 22.2 Å². The third-order valence-electron chi connectivity index (χ3n) is 4.51. The Morgan fingerprint density at radius 2 is 1.93 bits per heavy atom. The maximum Gasteiger partial charge on any atom is 0.376 e. The monoisotopic (exact) mass is 406 g/mol. The number of fused-ring (bicyclic) bond motifs is 1. The molecule has 0 aliphatic carbocycles. The summed E-state index contributed by atoms with van der Waals surface area (Å²) in [5, 5.41) is 18.7. The number of nitrogens with one attached hydrogen (secondary N) is 1. The number of nitrogens with zero attached hydrogens (tertiary/aromatic N) is 5. The van der Waals surface area contributed by atoms with Gasteiger partial charge >= 0.3 is 11.2 Å². The molecular weight excluding hydrogens is 388 g/mol. The number of rotatable bonds is 7. The Bertz CT molecular complexity index is 1250. The van der Waals surface area contributed by atoms with Crippen molar-refractivity contribution < 1.29 is 9.45 Å². The van der Waals surface area contributed by atoms with E-state index in [0.717, 1.165) is 16.4 Å². The van der Waals surface area contributed by atoms with Crippen molar-refractivity contribution in [2.45, 2.75) is 25.8 Å². The first-order valence-electron chi connectivity index (χ1n) is 9.38. The van der Waals surface area contributed by atoms with Crippen LogP contribution < -0.4 is 10.9 Å². The summed E-state index contributed by atoms with van der Waals surface area (Å²) in [5.74, 6) is 0.608. The minimum Gasteiger partial charge on any atom is -0.350 e. The zero-order valence-corrected chi connectivity index (χ0v) is 16.1. The van der Waals surface area contributed by atoms with Crippen molar-refractivity contribution in [1.82, 2.24) is 19.5 Å². The topological polar surface area (TPSA) is 128 Å². The van der Waals surface area contributed by atoms with Crippen molar-refractivity contribution in [1.29, 1.82) is 0 Å². The predicted octanol–water partition coefficient (Wildman–Crippen LogP) is 3.14. The van der Waals surface area contributed by atoms with Crippen LogP contribution in [0.1, 0.15) is 36.7 Å². The number of pyridine rings is 1. The fraction of sp³-hybridized carbons (Fsp3) is 0.200. The smallest absolute Gasteiger partial charge is 0.350 e. The molecule has 3 aromatic heterocycles. The molecule has 0 aliphatic heterocycles. The van der Waals surface area contributed by atoms with E-state index in [0.29, 0.717) is 18.1 Å². The SMILES string of the molecule is CCCc1nc(C(Nc2nc3ccccn3c(=O)c2[N+](=O)[O-])c2ccccc2)no1. The van der Waals surface area contributed by atoms with Gasteiger partial charge in [-0.2, -0.15) is 4.98 Å². The molecule has 0 radical (unpaired) electrons. The second kappa shape index (κ2) is 8.11. The van der Waals surface area contributed by atoms with Crippen molar-refractivity contribution in [3.05, 3.63) is 92.5 Å². The molecule has 10 heteroatoms. The average molecular weight is 406 g/mol. The highest BCUT2D eigenvalue weighted by molar-refractivity contribution is 5.61. The van der Waals surface area contributed by atoms with Crippen LogP contribution in [-0.4, -0.2) is 24.4 Å². The molecule has 1 atom stereocenters. The van der Waals surface area contributed by atoms with Gasteiger partial charge in [-0.25, -0.2) is 4.98 Å². The van der Waals surface area contributed by atoms with Crippen LogP contribution in [0, 0.1) is 10.1 Å². The van der Waals surface area contributed by atoms with Crippen molar-refractivity contribution in [2.24, 2.45) is 0 Å². The summed E-state index contributed by atoms with van der Waals surface area (Å²) >= 11 is 0. The van der Waals surface area contributed by atoms with Gasteiger partial charge in [-0.3, -0.25) is 19.3 Å². The van der Waals surface area contributed by atoms with Crippen LogP contribution in [0.4, 0.5) is 11.5 Å². The van der Waals surface area contributed by atoms with Gasteiger partial charge in [0, 0.05) is 12.6 Å². The van der Waals surface area contributed by atoms with Crippen LogP contribution in [0.25, 0.3) is 5.65 Å². The summed E-state index contributed by atoms with van der Waals surface area (Å²) in [6.07, 6.45) is 2.89. The number of nitro groups is 1. The summed E-state index contributed by atoms with van der Waals surface area (Å²) < 4.78 is 6.43. The Hall–Kier alpha value is -4.08. The Morgan fingerprint density at radius 3 is 2.67 bits per heavy atom. The first kappa shape index (κ1) is 19.2. The minimum absolute atomic E-state index is 0.160. The zero-order chi connectivity index (χ0) is 21.1. The van der Waals surface area contributed by atoms with E-state index >= 15 is 0 Å². The number of aromatic nitrogens is 4. The Kier molecular flexibility index (Phi) is 5.21. The van der Waals surface area contributed by atoms with Crippen molar-refractivity contribution >= 4 is 17.2 Å². The summed E-state index contributed by atoms with van der Waals surface area (Å²) in [7, 11) is 0. The van der Waals surface area contributed by atoms with Crippen LogP contribution in [-0.2, 0) is 6.42 Å². The third kappa shape index (κ3) is 3.62. The van der Waals surface area contributed by atoms with E-state index in [1.807, 2.05) is 37.3 Å². The largest absolute Gasteiger partial charge is 0.376 e. The van der Waals surface area contributed by atoms with E-state index in [9.17, 15) is 14.9 Å². The fourth-order valence-electron chi connectivity index (χ4n) is 3.12. The lowest BCUT2D eigenvalue weighted by Crippen LogP contribution is -2.23. The molecule has 0 aliphatic rings. The van der Waals surface area contributed by atoms with E-state index in [-0.39, 0.29) is 11.5 Å². The van der Waals surface area contributed by atoms with Gasteiger partial charge in [0.05, 0.1) is 4.92 Å². The molecule has 4 rings (SSSR count). The highest BCUT2D eigenvalue weighted by Gasteiger charge is 2.28. The molecule has 3 heterocycles. The molecule has 152 valence electrons. The van der Waals surface area contributed by atoms with Crippen LogP contribution >= 0.6 is 0 Å². The van der Waals surface area contributed by atoms with Crippen LogP contribution in [0.5, 0.6) is 0 Å². The first-order chi connectivity index (χ1) is 14.6. The molecule has 1 aromatic carbocycles. The van der Waals surface area contributed by atoms with Gasteiger partial charge in [-0.1, -0.05) is 48.5 Å². The summed E-state index contributed by atoms with van der Waals surface area (Å²) in [4.78, 5) is 32.4. The van der Waals surface area contributed by atoms with Gasteiger partial charge in [-0.05, 0) is 24.1 Å². The van der Waals surface area contributed by atoms with E-state index in [2.05, 4.69) is 20.4 Å². The minimum atomic E-state index is -0.778. The quantitative estimate of drug-likeness (QED) is 0.366. The maximum atomic E-state index is 12.7. The molecule has 0 fully saturated rings. The Balaban J connectivity index is 1.85. The second-order valence-electron chi connectivity index (χ2n) is 6.58. The molecule has 1 N–H and O–H groups in total. The molecule has 0 amide bonds. The lowest BCUT2D eigenvalue weighted by molar-refractivity contribution is -0.385. The van der Waals surface area contributed by atoms with Gasteiger partial charge in [-0.15, -0.1) is 0 Å². The standard InChI is InChI=1S/C20H18N6O4/c1-2-8-15-22-18(24-30-15)16(13-9-4-3-5-10-13)23-19-17(26(28)29)20(27)25-12-7-6-11-14(25)21-19/h3-7,9-12,16,23H,2,8H2,1H3. The summed E-state index contributed by atoms with van der Waals surface area (Å²) in [6.45, 7) is 1.99. The van der Waals surface area contributed by atoms with Crippen LogP contribution in [0.3, 0.4) is 0 Å². The molecule has 4 aromatic rings. The fourth-order valence-corrected chi connectivity index (χ4v) is 3.12. The molecule has 0 saturated heterocycles. The number of benzene rings is 1. The molecule has 0 bridgehead atoms. The zero-order valence-electron chi connectivity index (χ0n) is 16.1. The first-order valence-corrected chi connectivity index (χ1v) is 9.38. The maximum absolute atomic E-state index is 12.7. The number of aryl methyl sites for hydroxylation is 1. The second-order valence-corrected chi connectivity index (χ2v) is 6.58. The average Bonchev–Trinajstić information content (AvgIpc) is 3.21. The molecule has 30 heavy (non-hydrogen) atoms. The lowest BCUT2D eigenvalue weighted by atomic mass is 10.1. The number of hydrogen-bond donors (Lipinski definition) is 1. The van der Waals surface area contributed by atoms with E-state index in [4.69, 9.17) is 4.52 Å². The van der Waals surface area contributed by atoms with Crippen LogP contribution in [0.2, 0.25) is 0 Å². The molecule has 0 saturated carbocycles. The molecule has 1 unspecified atom stereocenters. The molecular formula is C20H18N6O4. The Morgan fingerprint density at radius 1 is 1.17 bits per heavy atom. The van der Waals surface area contributed by atoms with Gasteiger partial charge < -0.3 is 9.84 Å². The van der Waals surface area contributed by atoms with Gasteiger partial charge in [0.2, 0.25) is 11.7 Å². The number of hydrogen-bond acceptors (Lipinski definition) is 8. The molecule has 10 nitrogen and oxygen atoms in total. The van der Waals surface area contributed by atoms with E-state index in [1.165, 1.54) is 6.20 Å². The van der Waals surface area contributed by atoms with Crippen LogP contribution in [0.15, 0.2) is 64.0 Å². The third-order valence-corrected chi connectivity index (χ3v) is 4.51. The summed E-state index contributed by atoms with van der Waals surface area (Å²) in [6, 6.07) is 13.4.